The second-order valence-corrected chi connectivity index (χ2v) is 6.69. The van der Waals surface area contributed by atoms with E-state index in [0.717, 1.165) is 12.1 Å². The Labute approximate surface area is 162 Å². The molecule has 0 radical (unpaired) electrons. The van der Waals surface area contributed by atoms with Gasteiger partial charge in [-0.1, -0.05) is 17.7 Å². The van der Waals surface area contributed by atoms with E-state index in [4.69, 9.17) is 16.3 Å². The van der Waals surface area contributed by atoms with Gasteiger partial charge >= 0.3 is 6.18 Å². The lowest BCUT2D eigenvalue weighted by Crippen LogP contribution is -2.31. The zero-order valence-electron chi connectivity index (χ0n) is 14.5. The van der Waals surface area contributed by atoms with Gasteiger partial charge in [-0.3, -0.25) is 0 Å². The maximum Gasteiger partial charge on any atom is 0.416 e. The van der Waals surface area contributed by atoms with E-state index in [2.05, 4.69) is 10.1 Å². The summed E-state index contributed by atoms with van der Waals surface area (Å²) in [6.07, 6.45) is -2.21. The number of benzene rings is 2. The molecule has 1 aromatic heterocycles. The van der Waals surface area contributed by atoms with Crippen molar-refractivity contribution in [2.45, 2.75) is 25.2 Å². The molecule has 0 spiro atoms. The lowest BCUT2D eigenvalue weighted by Gasteiger charge is -2.27. The maximum absolute atomic E-state index is 13.6. The van der Waals surface area contributed by atoms with Crippen LogP contribution in [0.25, 0.3) is 0 Å². The van der Waals surface area contributed by atoms with Gasteiger partial charge in [0, 0.05) is 6.07 Å². The summed E-state index contributed by atoms with van der Waals surface area (Å²) in [6.45, 7) is 1.04. The Hall–Kier alpha value is -2.78. The van der Waals surface area contributed by atoms with Gasteiger partial charge in [-0.2, -0.15) is 18.3 Å². The zero-order valence-corrected chi connectivity index (χ0v) is 15.2. The molecule has 10 heteroatoms. The number of aromatic nitrogens is 3. The molecule has 0 aliphatic heterocycles. The molecule has 0 saturated heterocycles. The number of hydrogen-bond donors (Lipinski definition) is 2. The third-order valence-electron chi connectivity index (χ3n) is 3.97. The van der Waals surface area contributed by atoms with E-state index < -0.39 is 17.3 Å². The van der Waals surface area contributed by atoms with Crippen LogP contribution >= 0.6 is 11.6 Å². The summed E-state index contributed by atoms with van der Waals surface area (Å²) >= 11 is 5.70. The Morgan fingerprint density at radius 2 is 1.79 bits per heavy atom. The SMILES string of the molecule is CC(O)(Cn1cncn1)c1ccc(Oc2ccc(Cl)c(O)c2)cc1C(F)(F)F. The molecule has 0 saturated carbocycles. The van der Waals surface area contributed by atoms with Crippen molar-refractivity contribution in [1.82, 2.24) is 14.8 Å². The second kappa shape index (κ2) is 7.33. The van der Waals surface area contributed by atoms with E-state index in [1.54, 1.807) is 0 Å². The van der Waals surface area contributed by atoms with Crippen molar-refractivity contribution in [3.8, 4) is 17.2 Å². The van der Waals surface area contributed by atoms with Gasteiger partial charge in [0.05, 0.1) is 17.1 Å². The Kier molecular flexibility index (Phi) is 5.22. The smallest absolute Gasteiger partial charge is 0.416 e. The molecule has 3 rings (SSSR count). The fraction of sp³-hybridized carbons (Fsp3) is 0.222. The van der Waals surface area contributed by atoms with Crippen molar-refractivity contribution in [3.63, 3.8) is 0 Å². The normalized spacial score (nSPS) is 13.9. The number of phenolic OH excluding ortho intramolecular Hbond substituents is 1. The van der Waals surface area contributed by atoms with Crippen molar-refractivity contribution in [3.05, 3.63) is 65.2 Å². The summed E-state index contributed by atoms with van der Waals surface area (Å²) in [5, 5.41) is 24.2. The molecule has 0 aliphatic carbocycles. The van der Waals surface area contributed by atoms with Crippen molar-refractivity contribution in [1.29, 1.82) is 0 Å². The van der Waals surface area contributed by atoms with Crippen LogP contribution < -0.4 is 4.74 Å². The first-order chi connectivity index (χ1) is 13.1. The van der Waals surface area contributed by atoms with Crippen molar-refractivity contribution in [2.24, 2.45) is 0 Å². The second-order valence-electron chi connectivity index (χ2n) is 6.29. The van der Waals surface area contributed by atoms with Gasteiger partial charge in [-0.25, -0.2) is 9.67 Å². The highest BCUT2D eigenvalue weighted by atomic mass is 35.5. The summed E-state index contributed by atoms with van der Waals surface area (Å²) in [5.41, 5.74) is -3.24. The van der Waals surface area contributed by atoms with Gasteiger partial charge in [0.1, 0.15) is 35.5 Å². The molecular formula is C18H15ClF3N3O3. The Morgan fingerprint density at radius 3 is 2.39 bits per heavy atom. The van der Waals surface area contributed by atoms with Crippen LogP contribution in [0, 0.1) is 0 Å². The zero-order chi connectivity index (χ0) is 20.5. The van der Waals surface area contributed by atoms with Crippen LogP contribution in [0.5, 0.6) is 17.2 Å². The first kappa shape index (κ1) is 20.0. The largest absolute Gasteiger partial charge is 0.506 e. The number of alkyl halides is 3. The number of phenols is 1. The number of rotatable bonds is 5. The van der Waals surface area contributed by atoms with Crippen LogP contribution in [0.2, 0.25) is 5.02 Å². The van der Waals surface area contributed by atoms with E-state index >= 15 is 0 Å². The summed E-state index contributed by atoms with van der Waals surface area (Å²) < 4.78 is 47.5. The van der Waals surface area contributed by atoms with Crippen LogP contribution in [0.1, 0.15) is 18.1 Å². The Balaban J connectivity index is 1.96. The molecule has 0 aliphatic rings. The van der Waals surface area contributed by atoms with Crippen molar-refractivity contribution >= 4 is 11.6 Å². The quantitative estimate of drug-likeness (QED) is 0.649. The fourth-order valence-electron chi connectivity index (χ4n) is 2.70. The standard InChI is InChI=1S/C18H15ClF3N3O3/c1-17(27,8-25-10-23-9-24-25)13-4-2-11(6-14(13)18(20,21)22)28-12-3-5-15(19)16(26)7-12/h2-7,9-10,26-27H,8H2,1H3. The van der Waals surface area contributed by atoms with E-state index in [9.17, 15) is 23.4 Å². The first-order valence-electron chi connectivity index (χ1n) is 7.99. The molecule has 0 bridgehead atoms. The van der Waals surface area contributed by atoms with E-state index in [1.165, 1.54) is 48.5 Å². The molecule has 1 unspecified atom stereocenters. The van der Waals surface area contributed by atoms with Gasteiger partial charge in [-0.15, -0.1) is 0 Å². The number of aliphatic hydroxyl groups is 1. The minimum absolute atomic E-state index is 0.0860. The lowest BCUT2D eigenvalue weighted by molar-refractivity contribution is -0.140. The topological polar surface area (TPSA) is 80.4 Å². The monoisotopic (exact) mass is 413 g/mol. The van der Waals surface area contributed by atoms with Crippen LogP contribution in [-0.2, 0) is 18.3 Å². The molecule has 3 aromatic rings. The fourth-order valence-corrected chi connectivity index (χ4v) is 2.82. The van der Waals surface area contributed by atoms with Crippen LogP contribution in [0.3, 0.4) is 0 Å². The predicted molar refractivity (Wildman–Crippen MR) is 94.2 cm³/mol. The van der Waals surface area contributed by atoms with Gasteiger partial charge < -0.3 is 14.9 Å². The van der Waals surface area contributed by atoms with E-state index in [0.29, 0.717) is 0 Å². The number of nitrogens with zero attached hydrogens (tertiary/aromatic N) is 3. The molecular weight excluding hydrogens is 399 g/mol. The number of halogens is 4. The number of aromatic hydroxyl groups is 1. The van der Waals surface area contributed by atoms with E-state index in [-0.39, 0.29) is 34.4 Å². The minimum atomic E-state index is -4.73. The molecule has 6 nitrogen and oxygen atoms in total. The highest BCUT2D eigenvalue weighted by molar-refractivity contribution is 6.32. The molecule has 28 heavy (non-hydrogen) atoms. The van der Waals surface area contributed by atoms with E-state index in [1.807, 2.05) is 0 Å². The summed E-state index contributed by atoms with van der Waals surface area (Å²) in [6, 6.07) is 7.18. The number of ether oxygens (including phenoxy) is 1. The lowest BCUT2D eigenvalue weighted by atomic mass is 9.90. The molecule has 148 valence electrons. The molecule has 2 N–H and O–H groups in total. The Morgan fingerprint density at radius 1 is 1.11 bits per heavy atom. The molecule has 0 amide bonds. The average molecular weight is 414 g/mol. The average Bonchev–Trinajstić information content (AvgIpc) is 3.09. The molecule has 0 fully saturated rings. The third-order valence-corrected chi connectivity index (χ3v) is 4.29. The maximum atomic E-state index is 13.6. The molecule has 1 heterocycles. The van der Waals surface area contributed by atoms with Gasteiger partial charge in [0.15, 0.2) is 0 Å². The minimum Gasteiger partial charge on any atom is -0.506 e. The van der Waals surface area contributed by atoms with Crippen LogP contribution in [-0.4, -0.2) is 25.0 Å². The first-order valence-corrected chi connectivity index (χ1v) is 8.37. The van der Waals surface area contributed by atoms with Gasteiger partial charge in [0.2, 0.25) is 0 Å². The Bertz CT molecular complexity index is 976. The summed E-state index contributed by atoms with van der Waals surface area (Å²) in [5.74, 6) is -0.269. The molecule has 1 atom stereocenters. The van der Waals surface area contributed by atoms with Crippen molar-refractivity contribution < 1.29 is 28.1 Å². The number of hydrogen-bond acceptors (Lipinski definition) is 5. The highest BCUT2D eigenvalue weighted by Gasteiger charge is 2.39. The van der Waals surface area contributed by atoms with Crippen molar-refractivity contribution in [2.75, 3.05) is 0 Å². The third kappa shape index (κ3) is 4.37. The summed E-state index contributed by atoms with van der Waals surface area (Å²) in [4.78, 5) is 3.71. The highest BCUT2D eigenvalue weighted by Crippen LogP contribution is 2.40. The molecule has 2 aromatic carbocycles. The van der Waals surface area contributed by atoms with Crippen LogP contribution in [0.15, 0.2) is 49.1 Å². The van der Waals surface area contributed by atoms with Gasteiger partial charge in [-0.05, 0) is 36.8 Å². The van der Waals surface area contributed by atoms with Crippen LogP contribution in [0.4, 0.5) is 13.2 Å². The van der Waals surface area contributed by atoms with Gasteiger partial charge in [0.25, 0.3) is 0 Å². The predicted octanol–water partition coefficient (Wildman–Crippen LogP) is 4.36. The summed E-state index contributed by atoms with van der Waals surface area (Å²) in [7, 11) is 0.